The molecule has 6 heteroatoms. The summed E-state index contributed by atoms with van der Waals surface area (Å²) in [6, 6.07) is 2.39. The summed E-state index contributed by atoms with van der Waals surface area (Å²) < 4.78 is 31.9. The molecule has 106 valence electrons. The fourth-order valence-electron chi connectivity index (χ4n) is 1.52. The normalized spacial score (nSPS) is 10.5. The van der Waals surface area contributed by atoms with Crippen molar-refractivity contribution < 1.29 is 18.3 Å². The van der Waals surface area contributed by atoms with E-state index in [1.165, 1.54) is 13.0 Å². The molecule has 0 atom stereocenters. The van der Waals surface area contributed by atoms with E-state index in [9.17, 15) is 13.6 Å². The van der Waals surface area contributed by atoms with Crippen molar-refractivity contribution in [2.24, 2.45) is 0 Å². The van der Waals surface area contributed by atoms with Crippen LogP contribution in [0.4, 0.5) is 8.78 Å². The van der Waals surface area contributed by atoms with Crippen LogP contribution in [-0.4, -0.2) is 39.3 Å². The van der Waals surface area contributed by atoms with E-state index >= 15 is 0 Å². The van der Waals surface area contributed by atoms with Crippen LogP contribution in [0.15, 0.2) is 12.1 Å². The lowest BCUT2D eigenvalue weighted by Crippen LogP contribution is -2.34. The van der Waals surface area contributed by atoms with Crippen LogP contribution >= 0.6 is 0 Å². The fourth-order valence-corrected chi connectivity index (χ4v) is 1.52. The van der Waals surface area contributed by atoms with Gasteiger partial charge in [-0.15, -0.1) is 0 Å². The number of hydrogen-bond acceptors (Lipinski definition) is 3. The Morgan fingerprint density at radius 2 is 2.00 bits per heavy atom. The molecule has 0 heterocycles. The number of hydrogen-bond donors (Lipinski definition) is 2. The van der Waals surface area contributed by atoms with E-state index in [2.05, 4.69) is 10.6 Å². The summed E-state index contributed by atoms with van der Waals surface area (Å²) in [7, 11) is 1.59. The lowest BCUT2D eigenvalue weighted by Gasteiger charge is -2.09. The van der Waals surface area contributed by atoms with Crippen molar-refractivity contribution in [1.82, 2.24) is 10.6 Å². The molecule has 0 fully saturated rings. The van der Waals surface area contributed by atoms with E-state index in [0.29, 0.717) is 19.7 Å². The molecule has 2 N–H and O–H groups in total. The van der Waals surface area contributed by atoms with Crippen LogP contribution in [0.2, 0.25) is 0 Å². The minimum absolute atomic E-state index is 0.241. The molecule has 1 aromatic carbocycles. The lowest BCUT2D eigenvalue weighted by atomic mass is 10.1. The second-order valence-electron chi connectivity index (χ2n) is 4.05. The van der Waals surface area contributed by atoms with E-state index in [0.717, 1.165) is 6.07 Å². The van der Waals surface area contributed by atoms with Crippen LogP contribution in [0.1, 0.15) is 15.9 Å². The molecule has 0 radical (unpaired) electrons. The summed E-state index contributed by atoms with van der Waals surface area (Å²) in [6.45, 7) is 3.49. The highest BCUT2D eigenvalue weighted by molar-refractivity contribution is 5.94. The van der Waals surface area contributed by atoms with Gasteiger partial charge in [-0.05, 0) is 18.6 Å². The van der Waals surface area contributed by atoms with Gasteiger partial charge in [0.25, 0.3) is 5.91 Å². The van der Waals surface area contributed by atoms with Crippen molar-refractivity contribution in [1.29, 1.82) is 0 Å². The molecule has 0 aliphatic rings. The summed E-state index contributed by atoms with van der Waals surface area (Å²) in [5.74, 6) is -2.41. The van der Waals surface area contributed by atoms with Crippen LogP contribution in [0.25, 0.3) is 0 Å². The predicted molar refractivity (Wildman–Crippen MR) is 68.2 cm³/mol. The Kier molecular flexibility index (Phi) is 6.38. The van der Waals surface area contributed by atoms with E-state index in [4.69, 9.17) is 4.74 Å². The number of carbonyl (C=O) groups is 1. The highest BCUT2D eigenvalue weighted by Crippen LogP contribution is 2.15. The van der Waals surface area contributed by atoms with Gasteiger partial charge in [0.15, 0.2) is 0 Å². The van der Waals surface area contributed by atoms with Gasteiger partial charge in [-0.25, -0.2) is 8.78 Å². The van der Waals surface area contributed by atoms with Crippen LogP contribution in [0.3, 0.4) is 0 Å². The number of nitrogens with one attached hydrogen (secondary N) is 2. The number of methoxy groups -OCH3 is 1. The Labute approximate surface area is 111 Å². The molecule has 0 saturated heterocycles. The summed E-state index contributed by atoms with van der Waals surface area (Å²) in [5, 5.41) is 5.47. The van der Waals surface area contributed by atoms with Crippen LogP contribution in [-0.2, 0) is 4.74 Å². The monoisotopic (exact) mass is 272 g/mol. The molecule has 0 aliphatic heterocycles. The number of amides is 1. The second-order valence-corrected chi connectivity index (χ2v) is 4.05. The SMILES string of the molecule is COCCNCCNC(=O)c1c(F)ccc(C)c1F. The van der Waals surface area contributed by atoms with Crippen molar-refractivity contribution in [3.8, 4) is 0 Å². The van der Waals surface area contributed by atoms with Gasteiger partial charge >= 0.3 is 0 Å². The maximum atomic E-state index is 13.7. The molecule has 1 aromatic rings. The molecule has 0 unspecified atom stereocenters. The first-order valence-corrected chi connectivity index (χ1v) is 6.00. The van der Waals surface area contributed by atoms with Crippen LogP contribution < -0.4 is 10.6 Å². The third kappa shape index (κ3) is 4.57. The Morgan fingerprint density at radius 1 is 1.26 bits per heavy atom. The number of ether oxygens (including phenoxy) is 1. The molecule has 0 bridgehead atoms. The van der Waals surface area contributed by atoms with Crippen LogP contribution in [0.5, 0.6) is 0 Å². The van der Waals surface area contributed by atoms with Gasteiger partial charge in [0.1, 0.15) is 17.2 Å². The average Bonchev–Trinajstić information content (AvgIpc) is 2.38. The third-order valence-electron chi connectivity index (χ3n) is 2.58. The topological polar surface area (TPSA) is 50.4 Å². The number of carbonyl (C=O) groups excluding carboxylic acids is 1. The van der Waals surface area contributed by atoms with Gasteiger partial charge in [0, 0.05) is 26.7 Å². The number of aryl methyl sites for hydroxylation is 1. The molecule has 1 rings (SSSR count). The maximum absolute atomic E-state index is 13.7. The Bertz CT molecular complexity index is 439. The maximum Gasteiger partial charge on any atom is 0.257 e. The highest BCUT2D eigenvalue weighted by atomic mass is 19.1. The highest BCUT2D eigenvalue weighted by Gasteiger charge is 2.18. The van der Waals surface area contributed by atoms with E-state index in [1.54, 1.807) is 7.11 Å². The molecule has 1 amide bonds. The minimum atomic E-state index is -0.854. The Hall–Kier alpha value is -1.53. The van der Waals surface area contributed by atoms with Gasteiger partial charge in [-0.3, -0.25) is 4.79 Å². The molecule has 0 spiro atoms. The number of rotatable bonds is 7. The van der Waals surface area contributed by atoms with Crippen molar-refractivity contribution >= 4 is 5.91 Å². The molecule has 4 nitrogen and oxygen atoms in total. The largest absolute Gasteiger partial charge is 0.383 e. The summed E-state index contributed by atoms with van der Waals surface area (Å²) in [4.78, 5) is 11.7. The van der Waals surface area contributed by atoms with Crippen molar-refractivity contribution in [3.05, 3.63) is 34.9 Å². The zero-order chi connectivity index (χ0) is 14.3. The molecule has 0 aliphatic carbocycles. The summed E-state index contributed by atoms with van der Waals surface area (Å²) >= 11 is 0. The number of benzene rings is 1. The zero-order valence-corrected chi connectivity index (χ0v) is 11.1. The van der Waals surface area contributed by atoms with Crippen LogP contribution in [0, 0.1) is 18.6 Å². The molecular weight excluding hydrogens is 254 g/mol. The van der Waals surface area contributed by atoms with Gasteiger partial charge in [0.2, 0.25) is 0 Å². The first-order chi connectivity index (χ1) is 9.07. The second kappa shape index (κ2) is 7.81. The zero-order valence-electron chi connectivity index (χ0n) is 11.1. The van der Waals surface area contributed by atoms with E-state index in [-0.39, 0.29) is 12.1 Å². The Morgan fingerprint density at radius 3 is 2.68 bits per heavy atom. The quantitative estimate of drug-likeness (QED) is 0.734. The van der Waals surface area contributed by atoms with Crippen molar-refractivity contribution in [2.45, 2.75) is 6.92 Å². The minimum Gasteiger partial charge on any atom is -0.383 e. The average molecular weight is 272 g/mol. The smallest absolute Gasteiger partial charge is 0.257 e. The van der Waals surface area contributed by atoms with Crippen molar-refractivity contribution in [3.63, 3.8) is 0 Å². The van der Waals surface area contributed by atoms with Gasteiger partial charge in [-0.1, -0.05) is 6.07 Å². The predicted octanol–water partition coefficient (Wildman–Crippen LogP) is 1.24. The molecule has 0 aromatic heterocycles. The standard InChI is InChI=1S/C13H18F2N2O2/c1-9-3-4-10(14)11(12(9)15)13(18)17-6-5-16-7-8-19-2/h3-4,16H,5-8H2,1-2H3,(H,17,18). The van der Waals surface area contributed by atoms with E-state index < -0.39 is 23.1 Å². The Balaban J connectivity index is 2.48. The fraction of sp³-hybridized carbons (Fsp3) is 0.462. The number of halogens is 2. The first-order valence-electron chi connectivity index (χ1n) is 6.00. The summed E-state index contributed by atoms with van der Waals surface area (Å²) in [5.41, 5.74) is -0.290. The van der Waals surface area contributed by atoms with Gasteiger partial charge < -0.3 is 15.4 Å². The van der Waals surface area contributed by atoms with E-state index in [1.807, 2.05) is 0 Å². The third-order valence-corrected chi connectivity index (χ3v) is 2.58. The van der Waals surface area contributed by atoms with Crippen molar-refractivity contribution in [2.75, 3.05) is 33.4 Å². The van der Waals surface area contributed by atoms with Gasteiger partial charge in [0.05, 0.1) is 6.61 Å². The van der Waals surface area contributed by atoms with Gasteiger partial charge in [-0.2, -0.15) is 0 Å². The molecular formula is C13H18F2N2O2. The molecule has 0 saturated carbocycles. The summed E-state index contributed by atoms with van der Waals surface area (Å²) in [6.07, 6.45) is 0. The lowest BCUT2D eigenvalue weighted by molar-refractivity contribution is 0.0945. The molecule has 19 heavy (non-hydrogen) atoms. The first kappa shape index (κ1) is 15.5.